The fourth-order valence-corrected chi connectivity index (χ4v) is 4.79. The van der Waals surface area contributed by atoms with Crippen molar-refractivity contribution in [2.75, 3.05) is 0 Å². The zero-order chi connectivity index (χ0) is 16.7. The Kier molecular flexibility index (Phi) is 3.79. The SMILES string of the molecule is O=S1(=O)NC(c2ccc(Br)cc2)c2ccccc2-c2ccccc21. The zero-order valence-electron chi connectivity index (χ0n) is 12.6. The van der Waals surface area contributed by atoms with Gasteiger partial charge in [0, 0.05) is 10.0 Å². The van der Waals surface area contributed by atoms with Gasteiger partial charge in [0.2, 0.25) is 10.0 Å². The summed E-state index contributed by atoms with van der Waals surface area (Å²) in [6.07, 6.45) is 0. The minimum Gasteiger partial charge on any atom is -0.207 e. The van der Waals surface area contributed by atoms with E-state index in [-0.39, 0.29) is 0 Å². The van der Waals surface area contributed by atoms with E-state index in [9.17, 15) is 8.42 Å². The van der Waals surface area contributed by atoms with Gasteiger partial charge in [-0.25, -0.2) is 8.42 Å². The van der Waals surface area contributed by atoms with Gasteiger partial charge in [-0.1, -0.05) is 70.5 Å². The average Bonchev–Trinajstić information content (AvgIpc) is 2.70. The topological polar surface area (TPSA) is 46.2 Å². The molecule has 1 heterocycles. The Morgan fingerprint density at radius 3 is 2.17 bits per heavy atom. The third-order valence-electron chi connectivity index (χ3n) is 4.21. The molecule has 4 rings (SSSR count). The summed E-state index contributed by atoms with van der Waals surface area (Å²) in [4.78, 5) is 0.317. The summed E-state index contributed by atoms with van der Waals surface area (Å²) in [5.74, 6) is 0. The second-order valence-corrected chi connectivity index (χ2v) is 8.29. The Labute approximate surface area is 149 Å². The maximum Gasteiger partial charge on any atom is 0.242 e. The molecule has 120 valence electrons. The van der Waals surface area contributed by atoms with Crippen molar-refractivity contribution in [2.45, 2.75) is 10.9 Å². The van der Waals surface area contributed by atoms with Crippen molar-refractivity contribution in [3.05, 3.63) is 88.4 Å². The van der Waals surface area contributed by atoms with Crippen LogP contribution in [0.3, 0.4) is 0 Å². The van der Waals surface area contributed by atoms with E-state index in [2.05, 4.69) is 20.7 Å². The van der Waals surface area contributed by atoms with Gasteiger partial charge in [0.25, 0.3) is 0 Å². The van der Waals surface area contributed by atoms with Crippen LogP contribution in [0.2, 0.25) is 0 Å². The summed E-state index contributed by atoms with van der Waals surface area (Å²) in [5, 5.41) is 0. The molecule has 5 heteroatoms. The summed E-state index contributed by atoms with van der Waals surface area (Å²) < 4.78 is 29.6. The number of sulfonamides is 1. The highest BCUT2D eigenvalue weighted by Crippen LogP contribution is 2.39. The fourth-order valence-electron chi connectivity index (χ4n) is 3.10. The number of nitrogens with one attached hydrogen (secondary N) is 1. The minimum absolute atomic E-state index is 0.317. The molecular formula is C19H14BrNO2S. The van der Waals surface area contributed by atoms with Gasteiger partial charge in [0.15, 0.2) is 0 Å². The van der Waals surface area contributed by atoms with Gasteiger partial charge in [-0.3, -0.25) is 0 Å². The van der Waals surface area contributed by atoms with Gasteiger partial charge in [-0.05, 0) is 34.9 Å². The van der Waals surface area contributed by atoms with Gasteiger partial charge in [-0.15, -0.1) is 0 Å². The molecule has 1 N–H and O–H groups in total. The highest BCUT2D eigenvalue weighted by atomic mass is 79.9. The third-order valence-corrected chi connectivity index (χ3v) is 6.22. The summed E-state index contributed by atoms with van der Waals surface area (Å²) in [5.41, 5.74) is 3.53. The van der Waals surface area contributed by atoms with Crippen molar-refractivity contribution in [3.63, 3.8) is 0 Å². The highest BCUT2D eigenvalue weighted by molar-refractivity contribution is 9.10. The molecule has 24 heavy (non-hydrogen) atoms. The van der Waals surface area contributed by atoms with Crippen LogP contribution in [0.25, 0.3) is 11.1 Å². The normalized spacial score (nSPS) is 18.3. The van der Waals surface area contributed by atoms with Gasteiger partial charge >= 0.3 is 0 Å². The molecule has 3 aromatic carbocycles. The molecule has 0 spiro atoms. The van der Waals surface area contributed by atoms with Crippen molar-refractivity contribution in [1.29, 1.82) is 0 Å². The Morgan fingerprint density at radius 1 is 0.792 bits per heavy atom. The molecular weight excluding hydrogens is 386 g/mol. The Morgan fingerprint density at radius 2 is 1.42 bits per heavy atom. The number of rotatable bonds is 1. The first kappa shape index (κ1) is 15.6. The second-order valence-electron chi connectivity index (χ2n) is 5.69. The summed E-state index contributed by atoms with van der Waals surface area (Å²) >= 11 is 3.42. The largest absolute Gasteiger partial charge is 0.242 e. The second kappa shape index (κ2) is 5.84. The molecule has 0 aliphatic carbocycles. The van der Waals surface area contributed by atoms with Crippen LogP contribution >= 0.6 is 15.9 Å². The number of halogens is 1. The molecule has 0 bridgehead atoms. The predicted octanol–water partition coefficient (Wildman–Crippen LogP) is 4.50. The van der Waals surface area contributed by atoms with Crippen LogP contribution in [0.15, 0.2) is 82.2 Å². The fraction of sp³-hybridized carbons (Fsp3) is 0.0526. The van der Waals surface area contributed by atoms with Crippen molar-refractivity contribution in [2.24, 2.45) is 0 Å². The van der Waals surface area contributed by atoms with E-state index in [0.717, 1.165) is 26.7 Å². The Bertz CT molecular complexity index is 1010. The van der Waals surface area contributed by atoms with E-state index in [1.807, 2.05) is 60.7 Å². The molecule has 1 atom stereocenters. The molecule has 0 saturated heterocycles. The molecule has 0 aromatic heterocycles. The quantitative estimate of drug-likeness (QED) is 0.654. The standard InChI is InChI=1S/C19H14BrNO2S/c20-14-11-9-13(10-12-14)19-17-7-2-1-5-15(17)16-6-3-4-8-18(16)24(22,23)21-19/h1-12,19,21H. The highest BCUT2D eigenvalue weighted by Gasteiger charge is 2.31. The number of fused-ring (bicyclic) bond motifs is 3. The van der Waals surface area contributed by atoms with Crippen molar-refractivity contribution in [3.8, 4) is 11.1 Å². The van der Waals surface area contributed by atoms with E-state index in [1.165, 1.54) is 0 Å². The molecule has 0 fully saturated rings. The molecule has 1 aliphatic heterocycles. The Hall–Kier alpha value is -1.95. The van der Waals surface area contributed by atoms with Gasteiger partial charge in [-0.2, -0.15) is 4.72 Å². The zero-order valence-corrected chi connectivity index (χ0v) is 15.0. The first-order valence-corrected chi connectivity index (χ1v) is 9.80. The molecule has 1 aliphatic rings. The van der Waals surface area contributed by atoms with E-state index < -0.39 is 16.1 Å². The van der Waals surface area contributed by atoms with E-state index in [4.69, 9.17) is 0 Å². The predicted molar refractivity (Wildman–Crippen MR) is 98.2 cm³/mol. The first-order chi connectivity index (χ1) is 11.6. The molecule has 3 aromatic rings. The Balaban J connectivity index is 2.00. The minimum atomic E-state index is -3.62. The van der Waals surface area contributed by atoms with Crippen LogP contribution in [-0.4, -0.2) is 8.42 Å². The van der Waals surface area contributed by atoms with Crippen molar-refractivity contribution >= 4 is 26.0 Å². The van der Waals surface area contributed by atoms with E-state index in [1.54, 1.807) is 12.1 Å². The summed E-state index contributed by atoms with van der Waals surface area (Å²) in [6, 6.07) is 22.2. The maximum atomic E-state index is 12.9. The average molecular weight is 400 g/mol. The lowest BCUT2D eigenvalue weighted by atomic mass is 9.91. The lowest BCUT2D eigenvalue weighted by Gasteiger charge is -2.19. The van der Waals surface area contributed by atoms with Gasteiger partial charge in [0.05, 0.1) is 10.9 Å². The number of benzene rings is 3. The molecule has 0 radical (unpaired) electrons. The summed E-state index contributed by atoms with van der Waals surface area (Å²) in [7, 11) is -3.62. The van der Waals surface area contributed by atoms with Crippen molar-refractivity contribution in [1.82, 2.24) is 4.72 Å². The number of hydrogen-bond acceptors (Lipinski definition) is 2. The van der Waals surface area contributed by atoms with Crippen LogP contribution in [0.4, 0.5) is 0 Å². The lowest BCUT2D eigenvalue weighted by Crippen LogP contribution is -2.28. The lowest BCUT2D eigenvalue weighted by molar-refractivity contribution is 0.574. The molecule has 3 nitrogen and oxygen atoms in total. The van der Waals surface area contributed by atoms with Gasteiger partial charge in [0.1, 0.15) is 0 Å². The van der Waals surface area contributed by atoms with Crippen LogP contribution in [0.1, 0.15) is 17.2 Å². The molecule has 0 saturated carbocycles. The number of hydrogen-bond donors (Lipinski definition) is 1. The smallest absolute Gasteiger partial charge is 0.207 e. The third kappa shape index (κ3) is 2.59. The van der Waals surface area contributed by atoms with Crippen LogP contribution in [0, 0.1) is 0 Å². The van der Waals surface area contributed by atoms with E-state index >= 15 is 0 Å². The molecule has 0 amide bonds. The van der Waals surface area contributed by atoms with Crippen LogP contribution in [-0.2, 0) is 10.0 Å². The van der Waals surface area contributed by atoms with Gasteiger partial charge < -0.3 is 0 Å². The van der Waals surface area contributed by atoms with E-state index in [0.29, 0.717) is 4.90 Å². The molecule has 1 unspecified atom stereocenters. The summed E-state index contributed by atoms with van der Waals surface area (Å²) in [6.45, 7) is 0. The first-order valence-electron chi connectivity index (χ1n) is 7.52. The van der Waals surface area contributed by atoms with Crippen LogP contribution in [0.5, 0.6) is 0 Å². The monoisotopic (exact) mass is 399 g/mol. The maximum absolute atomic E-state index is 12.9. The van der Waals surface area contributed by atoms with Crippen LogP contribution < -0.4 is 4.72 Å². The van der Waals surface area contributed by atoms with Crippen molar-refractivity contribution < 1.29 is 8.42 Å².